The number of nitrogens with two attached hydrogens (primary N) is 1. The average Bonchev–Trinajstić information content (AvgIpc) is 2.28. The monoisotopic (exact) mass is 255 g/mol. The third kappa shape index (κ3) is 3.22. The van der Waals surface area contributed by atoms with E-state index >= 15 is 0 Å². The molecule has 0 saturated carbocycles. The molecule has 0 aliphatic rings. The van der Waals surface area contributed by atoms with Gasteiger partial charge in [-0.25, -0.2) is 0 Å². The van der Waals surface area contributed by atoms with Crippen LogP contribution in [0.3, 0.4) is 0 Å². The van der Waals surface area contributed by atoms with Crippen LogP contribution in [0.15, 0.2) is 18.2 Å². The Balaban J connectivity index is 3.15. The number of nitro benzene ring substituents is 2. The van der Waals surface area contributed by atoms with Gasteiger partial charge in [0.15, 0.2) is 0 Å². The van der Waals surface area contributed by atoms with Gasteiger partial charge in [-0.2, -0.15) is 0 Å². The predicted octanol–water partition coefficient (Wildman–Crippen LogP) is 0.457. The van der Waals surface area contributed by atoms with Crippen LogP contribution in [0.5, 0.6) is 0 Å². The minimum atomic E-state index is -1.29. The molecular formula is C9H9N3O6. The van der Waals surface area contributed by atoms with Crippen LogP contribution < -0.4 is 5.73 Å². The Kier molecular flexibility index (Phi) is 3.89. The number of carboxylic acid groups (broad SMARTS) is 1. The maximum Gasteiger partial charge on any atom is 0.320 e. The standard InChI is InChI=1S/C9H9N3O6/c10-8(9(13)14)3-5-1-6(11(15)16)4-7(2-5)12(17)18/h1-2,4,8H,3,10H2,(H,13,14). The molecule has 0 radical (unpaired) electrons. The molecule has 0 aliphatic heterocycles. The Hall–Kier alpha value is -2.55. The van der Waals surface area contributed by atoms with Crippen molar-refractivity contribution in [1.29, 1.82) is 0 Å². The van der Waals surface area contributed by atoms with Gasteiger partial charge in [-0.05, 0) is 12.0 Å². The molecule has 0 aromatic heterocycles. The minimum absolute atomic E-state index is 0.130. The van der Waals surface area contributed by atoms with Gasteiger partial charge in [-0.1, -0.05) is 0 Å². The molecule has 1 unspecified atom stereocenters. The van der Waals surface area contributed by atoms with Crippen molar-refractivity contribution >= 4 is 17.3 Å². The zero-order chi connectivity index (χ0) is 13.9. The lowest BCUT2D eigenvalue weighted by Gasteiger charge is -2.06. The molecule has 18 heavy (non-hydrogen) atoms. The lowest BCUT2D eigenvalue weighted by atomic mass is 10.1. The number of carboxylic acids is 1. The Morgan fingerprint density at radius 3 is 2.00 bits per heavy atom. The van der Waals surface area contributed by atoms with E-state index < -0.39 is 33.2 Å². The normalized spacial score (nSPS) is 11.8. The largest absolute Gasteiger partial charge is 0.480 e. The molecule has 0 spiro atoms. The predicted molar refractivity (Wildman–Crippen MR) is 59.1 cm³/mol. The Morgan fingerprint density at radius 2 is 1.67 bits per heavy atom. The fourth-order valence-electron chi connectivity index (χ4n) is 1.33. The van der Waals surface area contributed by atoms with Crippen LogP contribution >= 0.6 is 0 Å². The van der Waals surface area contributed by atoms with E-state index in [4.69, 9.17) is 10.8 Å². The summed E-state index contributed by atoms with van der Waals surface area (Å²) in [4.78, 5) is 30.1. The van der Waals surface area contributed by atoms with Crippen LogP contribution in [0.25, 0.3) is 0 Å². The van der Waals surface area contributed by atoms with Gasteiger partial charge in [-0.15, -0.1) is 0 Å². The van der Waals surface area contributed by atoms with Gasteiger partial charge in [0.2, 0.25) is 0 Å². The van der Waals surface area contributed by atoms with Crippen LogP contribution in [-0.4, -0.2) is 27.0 Å². The summed E-state index contributed by atoms with van der Waals surface area (Å²) < 4.78 is 0. The molecule has 0 saturated heterocycles. The van der Waals surface area contributed by atoms with E-state index in [1.54, 1.807) is 0 Å². The summed E-state index contributed by atoms with van der Waals surface area (Å²) in [6.07, 6.45) is -0.224. The van der Waals surface area contributed by atoms with E-state index in [1.807, 2.05) is 0 Å². The summed E-state index contributed by atoms with van der Waals surface area (Å²) in [6.45, 7) is 0. The van der Waals surface area contributed by atoms with Gasteiger partial charge < -0.3 is 10.8 Å². The molecule has 1 rings (SSSR count). The first-order valence-electron chi connectivity index (χ1n) is 4.72. The number of benzene rings is 1. The number of aliphatic carboxylic acids is 1. The van der Waals surface area contributed by atoms with Crippen LogP contribution in [0, 0.1) is 20.2 Å². The molecule has 1 aromatic carbocycles. The first-order chi connectivity index (χ1) is 8.31. The average molecular weight is 255 g/mol. The molecular weight excluding hydrogens is 246 g/mol. The number of nitro groups is 2. The minimum Gasteiger partial charge on any atom is -0.480 e. The van der Waals surface area contributed by atoms with Gasteiger partial charge in [0.1, 0.15) is 6.04 Å². The highest BCUT2D eigenvalue weighted by Crippen LogP contribution is 2.23. The van der Waals surface area contributed by atoms with E-state index in [0.29, 0.717) is 0 Å². The van der Waals surface area contributed by atoms with E-state index in [2.05, 4.69) is 0 Å². The number of nitrogens with zero attached hydrogens (tertiary/aromatic N) is 2. The Morgan fingerprint density at radius 1 is 1.22 bits per heavy atom. The summed E-state index contributed by atoms with van der Waals surface area (Å²) in [5.41, 5.74) is 4.44. The molecule has 0 bridgehead atoms. The van der Waals surface area contributed by atoms with Crippen LogP contribution in [0.4, 0.5) is 11.4 Å². The lowest BCUT2D eigenvalue weighted by molar-refractivity contribution is -0.394. The summed E-state index contributed by atoms with van der Waals surface area (Å²) in [7, 11) is 0. The fraction of sp³-hybridized carbons (Fsp3) is 0.222. The molecule has 1 atom stereocenters. The maximum atomic E-state index is 10.6. The van der Waals surface area contributed by atoms with Gasteiger partial charge in [-0.3, -0.25) is 25.0 Å². The van der Waals surface area contributed by atoms with Gasteiger partial charge in [0.05, 0.1) is 15.9 Å². The van der Waals surface area contributed by atoms with Crippen molar-refractivity contribution in [3.05, 3.63) is 44.0 Å². The summed E-state index contributed by atoms with van der Waals surface area (Å²) >= 11 is 0. The van der Waals surface area contributed by atoms with Crippen LogP contribution in [0.2, 0.25) is 0 Å². The number of hydrogen-bond donors (Lipinski definition) is 2. The van der Waals surface area contributed by atoms with Crippen molar-refractivity contribution in [3.63, 3.8) is 0 Å². The van der Waals surface area contributed by atoms with Crippen molar-refractivity contribution < 1.29 is 19.7 Å². The lowest BCUT2D eigenvalue weighted by Crippen LogP contribution is -2.32. The second-order valence-electron chi connectivity index (χ2n) is 3.52. The highest BCUT2D eigenvalue weighted by Gasteiger charge is 2.19. The smallest absolute Gasteiger partial charge is 0.320 e. The summed E-state index contributed by atoms with van der Waals surface area (Å²) in [6, 6.07) is 1.66. The topological polar surface area (TPSA) is 150 Å². The van der Waals surface area contributed by atoms with Gasteiger partial charge >= 0.3 is 5.97 Å². The quantitative estimate of drug-likeness (QED) is 0.572. The fourth-order valence-corrected chi connectivity index (χ4v) is 1.33. The summed E-state index contributed by atoms with van der Waals surface area (Å²) in [5, 5.41) is 29.8. The Labute approximate surface area is 100 Å². The highest BCUT2D eigenvalue weighted by atomic mass is 16.6. The SMILES string of the molecule is NC(Cc1cc([N+](=O)[O-])cc([N+](=O)[O-])c1)C(=O)O. The van der Waals surface area contributed by atoms with Crippen LogP contribution in [-0.2, 0) is 11.2 Å². The van der Waals surface area contributed by atoms with Crippen molar-refractivity contribution in [3.8, 4) is 0 Å². The Bertz CT molecular complexity index is 483. The van der Waals surface area contributed by atoms with E-state index in [-0.39, 0.29) is 12.0 Å². The first kappa shape index (κ1) is 13.5. The molecule has 0 fully saturated rings. The van der Waals surface area contributed by atoms with Gasteiger partial charge in [0.25, 0.3) is 11.4 Å². The maximum absolute atomic E-state index is 10.6. The van der Waals surface area contributed by atoms with Crippen molar-refractivity contribution in [2.75, 3.05) is 0 Å². The van der Waals surface area contributed by atoms with Crippen molar-refractivity contribution in [2.24, 2.45) is 5.73 Å². The molecule has 0 heterocycles. The third-order valence-electron chi connectivity index (χ3n) is 2.16. The van der Waals surface area contributed by atoms with Crippen LogP contribution in [0.1, 0.15) is 5.56 Å². The van der Waals surface area contributed by atoms with E-state index in [9.17, 15) is 25.0 Å². The molecule has 96 valence electrons. The van der Waals surface area contributed by atoms with Gasteiger partial charge in [0, 0.05) is 12.1 Å². The number of non-ortho nitro benzene ring substituents is 2. The highest BCUT2D eigenvalue weighted by molar-refractivity contribution is 5.73. The summed E-state index contributed by atoms with van der Waals surface area (Å²) in [5.74, 6) is -1.29. The third-order valence-corrected chi connectivity index (χ3v) is 2.16. The first-order valence-corrected chi connectivity index (χ1v) is 4.72. The second-order valence-corrected chi connectivity index (χ2v) is 3.52. The molecule has 0 aliphatic carbocycles. The zero-order valence-corrected chi connectivity index (χ0v) is 8.98. The van der Waals surface area contributed by atoms with E-state index in [1.165, 1.54) is 0 Å². The van der Waals surface area contributed by atoms with Crippen molar-refractivity contribution in [1.82, 2.24) is 0 Å². The molecule has 3 N–H and O–H groups in total. The zero-order valence-electron chi connectivity index (χ0n) is 8.98. The number of carbonyl (C=O) groups is 1. The number of hydrogen-bond acceptors (Lipinski definition) is 6. The second kappa shape index (κ2) is 5.19. The van der Waals surface area contributed by atoms with E-state index in [0.717, 1.165) is 18.2 Å². The molecule has 0 amide bonds. The molecule has 9 heteroatoms. The molecule has 9 nitrogen and oxygen atoms in total. The molecule has 1 aromatic rings. The van der Waals surface area contributed by atoms with Crippen molar-refractivity contribution in [2.45, 2.75) is 12.5 Å². The number of rotatable bonds is 5.